The molecule has 0 heterocycles. The summed E-state index contributed by atoms with van der Waals surface area (Å²) in [6.45, 7) is 5.16. The zero-order chi connectivity index (χ0) is 12.7. The van der Waals surface area contributed by atoms with E-state index in [9.17, 15) is 5.11 Å². The molecule has 17 heavy (non-hydrogen) atoms. The van der Waals surface area contributed by atoms with Crippen molar-refractivity contribution >= 4 is 0 Å². The molecule has 0 aliphatic heterocycles. The number of ether oxygens (including phenoxy) is 2. The van der Waals surface area contributed by atoms with E-state index in [-0.39, 0.29) is 12.5 Å². The van der Waals surface area contributed by atoms with Gasteiger partial charge in [0.05, 0.1) is 6.10 Å². The second-order valence-electron chi connectivity index (χ2n) is 4.23. The van der Waals surface area contributed by atoms with Crippen molar-refractivity contribution in [1.82, 2.24) is 0 Å². The van der Waals surface area contributed by atoms with E-state index in [0.29, 0.717) is 18.9 Å². The molecule has 0 unspecified atom stereocenters. The van der Waals surface area contributed by atoms with E-state index in [0.717, 1.165) is 5.75 Å². The molecule has 1 atom stereocenters. The maximum atomic E-state index is 9.63. The number of aliphatic hydroxyl groups is 1. The van der Waals surface area contributed by atoms with Crippen LogP contribution < -0.4 is 15.2 Å². The van der Waals surface area contributed by atoms with E-state index in [4.69, 9.17) is 15.2 Å². The van der Waals surface area contributed by atoms with E-state index < -0.39 is 6.10 Å². The topological polar surface area (TPSA) is 64.7 Å². The van der Waals surface area contributed by atoms with Crippen LogP contribution in [0.1, 0.15) is 13.8 Å². The summed E-state index contributed by atoms with van der Waals surface area (Å²) in [5, 5.41) is 9.63. The summed E-state index contributed by atoms with van der Waals surface area (Å²) in [4.78, 5) is 0. The smallest absolute Gasteiger partial charge is 0.123 e. The first-order chi connectivity index (χ1) is 8.13. The molecule has 0 bridgehead atoms. The third-order valence-corrected chi connectivity index (χ3v) is 2.38. The van der Waals surface area contributed by atoms with Gasteiger partial charge in [-0.2, -0.15) is 0 Å². The van der Waals surface area contributed by atoms with Gasteiger partial charge in [-0.25, -0.2) is 0 Å². The molecule has 0 fully saturated rings. The molecule has 0 radical (unpaired) electrons. The average Bonchev–Trinajstić information content (AvgIpc) is 2.33. The van der Waals surface area contributed by atoms with Crippen molar-refractivity contribution in [2.75, 3.05) is 19.8 Å². The maximum absolute atomic E-state index is 9.63. The SMILES string of the molecule is CC(C)[C@H](O)COc1cccc(OCCN)c1. The minimum atomic E-state index is -0.455. The van der Waals surface area contributed by atoms with Gasteiger partial charge < -0.3 is 20.3 Å². The van der Waals surface area contributed by atoms with Crippen LogP contribution >= 0.6 is 0 Å². The molecule has 1 aromatic carbocycles. The molecular formula is C13H21NO3. The fourth-order valence-electron chi connectivity index (χ4n) is 1.20. The lowest BCUT2D eigenvalue weighted by Crippen LogP contribution is -2.23. The molecule has 96 valence electrons. The highest BCUT2D eigenvalue weighted by Gasteiger charge is 2.09. The first-order valence-electron chi connectivity index (χ1n) is 5.87. The Bertz CT molecular complexity index is 328. The van der Waals surface area contributed by atoms with Gasteiger partial charge in [0, 0.05) is 12.6 Å². The van der Waals surface area contributed by atoms with Gasteiger partial charge in [-0.05, 0) is 18.1 Å². The van der Waals surface area contributed by atoms with Crippen molar-refractivity contribution in [3.8, 4) is 11.5 Å². The Kier molecular flexibility index (Phi) is 5.80. The Morgan fingerprint density at radius 2 is 1.88 bits per heavy atom. The largest absolute Gasteiger partial charge is 0.492 e. The van der Waals surface area contributed by atoms with Crippen molar-refractivity contribution in [2.24, 2.45) is 11.7 Å². The van der Waals surface area contributed by atoms with E-state index in [1.54, 1.807) is 6.07 Å². The van der Waals surface area contributed by atoms with Crippen molar-refractivity contribution < 1.29 is 14.6 Å². The van der Waals surface area contributed by atoms with Gasteiger partial charge in [0.1, 0.15) is 24.7 Å². The summed E-state index contributed by atoms with van der Waals surface area (Å²) < 4.78 is 10.9. The zero-order valence-corrected chi connectivity index (χ0v) is 10.4. The van der Waals surface area contributed by atoms with Crippen molar-refractivity contribution in [3.05, 3.63) is 24.3 Å². The van der Waals surface area contributed by atoms with Gasteiger partial charge in [0.15, 0.2) is 0 Å². The van der Waals surface area contributed by atoms with Gasteiger partial charge in [0.25, 0.3) is 0 Å². The van der Waals surface area contributed by atoms with Gasteiger partial charge in [-0.15, -0.1) is 0 Å². The molecule has 0 amide bonds. The number of aliphatic hydroxyl groups excluding tert-OH is 1. The third kappa shape index (κ3) is 5.06. The van der Waals surface area contributed by atoms with E-state index in [1.165, 1.54) is 0 Å². The Hall–Kier alpha value is -1.26. The highest BCUT2D eigenvalue weighted by molar-refractivity contribution is 5.32. The predicted octanol–water partition coefficient (Wildman–Crippen LogP) is 1.42. The maximum Gasteiger partial charge on any atom is 0.123 e. The van der Waals surface area contributed by atoms with E-state index >= 15 is 0 Å². The van der Waals surface area contributed by atoms with Crippen LogP contribution in [-0.4, -0.2) is 31.0 Å². The second kappa shape index (κ2) is 7.14. The molecule has 0 saturated carbocycles. The van der Waals surface area contributed by atoms with Gasteiger partial charge in [-0.3, -0.25) is 0 Å². The molecule has 4 nitrogen and oxygen atoms in total. The number of rotatable bonds is 7. The number of benzene rings is 1. The van der Waals surface area contributed by atoms with Crippen LogP contribution in [0, 0.1) is 5.92 Å². The summed E-state index contributed by atoms with van der Waals surface area (Å²) in [6.07, 6.45) is -0.455. The Balaban J connectivity index is 2.48. The normalized spacial score (nSPS) is 12.5. The fraction of sp³-hybridized carbons (Fsp3) is 0.538. The third-order valence-electron chi connectivity index (χ3n) is 2.38. The highest BCUT2D eigenvalue weighted by atomic mass is 16.5. The van der Waals surface area contributed by atoms with E-state index in [1.807, 2.05) is 32.0 Å². The minimum absolute atomic E-state index is 0.187. The molecular weight excluding hydrogens is 218 g/mol. The highest BCUT2D eigenvalue weighted by Crippen LogP contribution is 2.19. The molecule has 0 aromatic heterocycles. The first kappa shape index (κ1) is 13.8. The van der Waals surface area contributed by atoms with Crippen LogP contribution in [0.25, 0.3) is 0 Å². The van der Waals surface area contributed by atoms with Crippen molar-refractivity contribution in [2.45, 2.75) is 20.0 Å². The molecule has 3 N–H and O–H groups in total. The quantitative estimate of drug-likeness (QED) is 0.755. The molecule has 0 saturated heterocycles. The number of nitrogens with two attached hydrogens (primary N) is 1. The van der Waals surface area contributed by atoms with Gasteiger partial charge in [-0.1, -0.05) is 19.9 Å². The molecule has 0 aliphatic carbocycles. The Morgan fingerprint density at radius 3 is 2.47 bits per heavy atom. The summed E-state index contributed by atoms with van der Waals surface area (Å²) in [6, 6.07) is 7.33. The van der Waals surface area contributed by atoms with Crippen LogP contribution in [0.2, 0.25) is 0 Å². The average molecular weight is 239 g/mol. The lowest BCUT2D eigenvalue weighted by Gasteiger charge is -2.15. The summed E-state index contributed by atoms with van der Waals surface area (Å²) >= 11 is 0. The van der Waals surface area contributed by atoms with Gasteiger partial charge in [0.2, 0.25) is 0 Å². The molecule has 1 rings (SSSR count). The van der Waals surface area contributed by atoms with Crippen LogP contribution in [0.3, 0.4) is 0 Å². The van der Waals surface area contributed by atoms with Crippen molar-refractivity contribution in [1.29, 1.82) is 0 Å². The second-order valence-corrected chi connectivity index (χ2v) is 4.23. The van der Waals surface area contributed by atoms with E-state index in [2.05, 4.69) is 0 Å². The lowest BCUT2D eigenvalue weighted by atomic mass is 10.1. The van der Waals surface area contributed by atoms with Crippen LogP contribution in [0.15, 0.2) is 24.3 Å². The summed E-state index contributed by atoms with van der Waals surface area (Å²) in [5.74, 6) is 1.61. The first-order valence-corrected chi connectivity index (χ1v) is 5.87. The molecule has 1 aromatic rings. The van der Waals surface area contributed by atoms with Gasteiger partial charge >= 0.3 is 0 Å². The predicted molar refractivity (Wildman–Crippen MR) is 67.3 cm³/mol. The monoisotopic (exact) mass is 239 g/mol. The van der Waals surface area contributed by atoms with Crippen LogP contribution in [0.4, 0.5) is 0 Å². The Morgan fingerprint density at radius 1 is 1.24 bits per heavy atom. The summed E-state index contributed by atoms with van der Waals surface area (Å²) in [7, 11) is 0. The number of hydrogen-bond acceptors (Lipinski definition) is 4. The minimum Gasteiger partial charge on any atom is -0.492 e. The standard InChI is InChI=1S/C13H21NO3/c1-10(2)13(15)9-17-12-5-3-4-11(8-12)16-7-6-14/h3-5,8,10,13,15H,6-7,9,14H2,1-2H3/t13-/m1/s1. The Labute approximate surface area is 102 Å². The molecule has 4 heteroatoms. The fourth-order valence-corrected chi connectivity index (χ4v) is 1.20. The van der Waals surface area contributed by atoms with Crippen molar-refractivity contribution in [3.63, 3.8) is 0 Å². The lowest BCUT2D eigenvalue weighted by molar-refractivity contribution is 0.0700. The summed E-state index contributed by atoms with van der Waals surface area (Å²) in [5.41, 5.74) is 5.36. The number of hydrogen-bond donors (Lipinski definition) is 2. The van der Waals surface area contributed by atoms with Crippen LogP contribution in [0.5, 0.6) is 11.5 Å². The molecule has 0 aliphatic rings. The zero-order valence-electron chi connectivity index (χ0n) is 10.4. The van der Waals surface area contributed by atoms with Crippen LogP contribution in [-0.2, 0) is 0 Å². The molecule has 0 spiro atoms.